The van der Waals surface area contributed by atoms with Crippen molar-refractivity contribution in [2.75, 3.05) is 11.4 Å². The predicted octanol–water partition coefficient (Wildman–Crippen LogP) is 2.52. The van der Waals surface area contributed by atoms with Gasteiger partial charge in [0.2, 0.25) is 17.5 Å². The number of allylic oxidation sites excluding steroid dienone is 2. The minimum Gasteiger partial charge on any atom is -0.327 e. The van der Waals surface area contributed by atoms with Gasteiger partial charge in [0.25, 0.3) is 0 Å². The van der Waals surface area contributed by atoms with Gasteiger partial charge in [0, 0.05) is 20.4 Å². The van der Waals surface area contributed by atoms with E-state index in [2.05, 4.69) is 27.9 Å². The third kappa shape index (κ3) is 2.25. The van der Waals surface area contributed by atoms with Crippen LogP contribution in [0.5, 0.6) is 0 Å². The summed E-state index contributed by atoms with van der Waals surface area (Å²) in [7, 11) is 0. The van der Waals surface area contributed by atoms with E-state index in [9.17, 15) is 14.4 Å². The molecule has 1 amide bonds. The fourth-order valence-corrected chi connectivity index (χ4v) is 3.34. The fraction of sp³-hybridized carbons (Fsp3) is 0.0556. The molecule has 0 spiro atoms. The highest BCUT2D eigenvalue weighted by Crippen LogP contribution is 2.32. The smallest absolute Gasteiger partial charge is 0.244 e. The first-order chi connectivity index (χ1) is 11.6. The van der Waals surface area contributed by atoms with Crippen molar-refractivity contribution in [1.29, 1.82) is 0 Å². The minimum atomic E-state index is -0.330. The SMILES string of the molecule is O=C1CN(c2ccc(I)cc2)C2=C(N1)C(=O)c1ccccc1C2=O. The lowest BCUT2D eigenvalue weighted by Gasteiger charge is -2.34. The second-order valence-corrected chi connectivity index (χ2v) is 6.78. The van der Waals surface area contributed by atoms with Gasteiger partial charge in [0.05, 0.1) is 0 Å². The molecule has 0 bridgehead atoms. The normalized spacial score (nSPS) is 16.7. The Labute approximate surface area is 151 Å². The Hall–Kier alpha value is -2.48. The molecule has 1 aliphatic heterocycles. The zero-order chi connectivity index (χ0) is 16.8. The number of hydrogen-bond acceptors (Lipinski definition) is 4. The highest BCUT2D eigenvalue weighted by Gasteiger charge is 2.39. The van der Waals surface area contributed by atoms with Crippen LogP contribution in [0, 0.1) is 3.57 Å². The van der Waals surface area contributed by atoms with E-state index < -0.39 is 0 Å². The average molecular weight is 430 g/mol. The first kappa shape index (κ1) is 15.1. The number of carbonyl (C=O) groups excluding carboxylic acids is 3. The summed E-state index contributed by atoms with van der Waals surface area (Å²) in [5.74, 6) is -0.893. The lowest BCUT2D eigenvalue weighted by Crippen LogP contribution is -2.49. The number of amides is 1. The molecule has 1 heterocycles. The quantitative estimate of drug-likeness (QED) is 0.707. The van der Waals surface area contributed by atoms with Crippen molar-refractivity contribution in [3.63, 3.8) is 0 Å². The van der Waals surface area contributed by atoms with Gasteiger partial charge in [-0.05, 0) is 46.9 Å². The minimum absolute atomic E-state index is 0.000608. The van der Waals surface area contributed by atoms with Crippen molar-refractivity contribution < 1.29 is 14.4 Å². The molecule has 0 saturated heterocycles. The summed E-state index contributed by atoms with van der Waals surface area (Å²) in [4.78, 5) is 39.4. The summed E-state index contributed by atoms with van der Waals surface area (Å²) >= 11 is 2.19. The number of nitrogens with one attached hydrogen (secondary N) is 1. The van der Waals surface area contributed by atoms with Gasteiger partial charge in [-0.1, -0.05) is 24.3 Å². The van der Waals surface area contributed by atoms with Crippen molar-refractivity contribution in [2.45, 2.75) is 0 Å². The molecule has 2 aliphatic rings. The fourth-order valence-electron chi connectivity index (χ4n) is 2.98. The zero-order valence-corrected chi connectivity index (χ0v) is 14.5. The van der Waals surface area contributed by atoms with E-state index in [1.54, 1.807) is 29.2 Å². The van der Waals surface area contributed by atoms with Crippen molar-refractivity contribution in [1.82, 2.24) is 5.32 Å². The molecule has 2 aromatic carbocycles. The molecule has 1 aliphatic carbocycles. The highest BCUT2D eigenvalue weighted by atomic mass is 127. The van der Waals surface area contributed by atoms with Gasteiger partial charge >= 0.3 is 0 Å². The van der Waals surface area contributed by atoms with Gasteiger partial charge < -0.3 is 10.2 Å². The van der Waals surface area contributed by atoms with Crippen molar-refractivity contribution in [2.24, 2.45) is 0 Å². The number of ketones is 2. The number of nitrogens with zero attached hydrogens (tertiary/aromatic N) is 1. The summed E-state index contributed by atoms with van der Waals surface area (Å²) < 4.78 is 1.04. The van der Waals surface area contributed by atoms with Crippen molar-refractivity contribution >= 4 is 45.8 Å². The molecule has 4 rings (SSSR count). The maximum absolute atomic E-state index is 12.9. The van der Waals surface area contributed by atoms with Gasteiger partial charge in [-0.25, -0.2) is 0 Å². The van der Waals surface area contributed by atoms with Gasteiger partial charge in [-0.15, -0.1) is 0 Å². The topological polar surface area (TPSA) is 66.5 Å². The largest absolute Gasteiger partial charge is 0.327 e. The Balaban J connectivity index is 1.90. The molecular formula is C18H11IN2O3. The number of hydrogen-bond donors (Lipinski definition) is 1. The van der Waals surface area contributed by atoms with Crippen LogP contribution in [0.4, 0.5) is 5.69 Å². The summed E-state index contributed by atoms with van der Waals surface area (Å²) in [6, 6.07) is 14.1. The monoisotopic (exact) mass is 430 g/mol. The Morgan fingerprint density at radius 1 is 0.875 bits per heavy atom. The lowest BCUT2D eigenvalue weighted by molar-refractivity contribution is -0.119. The van der Waals surface area contributed by atoms with Crippen LogP contribution in [0.2, 0.25) is 0 Å². The molecule has 0 radical (unpaired) electrons. The summed E-state index contributed by atoms with van der Waals surface area (Å²) in [6.45, 7) is 0.000608. The van der Waals surface area contributed by atoms with Gasteiger partial charge in [-0.3, -0.25) is 14.4 Å². The van der Waals surface area contributed by atoms with Crippen LogP contribution >= 0.6 is 22.6 Å². The van der Waals surface area contributed by atoms with Crippen molar-refractivity contribution in [3.05, 3.63) is 74.6 Å². The molecule has 0 aromatic heterocycles. The molecule has 0 fully saturated rings. The maximum atomic E-state index is 12.9. The Kier molecular flexibility index (Phi) is 3.49. The Morgan fingerprint density at radius 2 is 1.50 bits per heavy atom. The van der Waals surface area contributed by atoms with E-state index in [1.807, 2.05) is 24.3 Å². The number of fused-ring (bicyclic) bond motifs is 1. The van der Waals surface area contributed by atoms with E-state index >= 15 is 0 Å². The van der Waals surface area contributed by atoms with Crippen LogP contribution in [-0.4, -0.2) is 24.0 Å². The zero-order valence-electron chi connectivity index (χ0n) is 12.4. The van der Waals surface area contributed by atoms with Crippen LogP contribution in [0.15, 0.2) is 59.9 Å². The molecule has 0 atom stereocenters. The van der Waals surface area contributed by atoms with Gasteiger partial charge in [-0.2, -0.15) is 0 Å². The number of halogens is 1. The van der Waals surface area contributed by atoms with Crippen molar-refractivity contribution in [3.8, 4) is 0 Å². The number of carbonyl (C=O) groups is 3. The van der Waals surface area contributed by atoms with Crippen LogP contribution in [0.3, 0.4) is 0 Å². The lowest BCUT2D eigenvalue weighted by atomic mass is 9.88. The predicted molar refractivity (Wildman–Crippen MR) is 96.8 cm³/mol. The Bertz CT molecular complexity index is 932. The molecule has 5 nitrogen and oxygen atoms in total. The van der Waals surface area contributed by atoms with E-state index in [4.69, 9.17) is 0 Å². The number of rotatable bonds is 1. The molecule has 2 aromatic rings. The van der Waals surface area contributed by atoms with E-state index in [-0.39, 0.29) is 35.4 Å². The van der Waals surface area contributed by atoms with Gasteiger partial charge in [0.15, 0.2) is 0 Å². The molecular weight excluding hydrogens is 419 g/mol. The Morgan fingerprint density at radius 3 is 2.17 bits per heavy atom. The standard InChI is InChI=1S/C18H11IN2O3/c19-10-5-7-11(8-6-10)21-9-14(22)20-15-16(21)18(24)13-4-2-1-3-12(13)17(15)23/h1-8H,9H2,(H,20,22). The third-order valence-corrected chi connectivity index (χ3v) is 4.79. The van der Waals surface area contributed by atoms with E-state index in [1.165, 1.54) is 0 Å². The first-order valence-corrected chi connectivity index (χ1v) is 8.40. The summed E-state index contributed by atoms with van der Waals surface area (Å²) in [5.41, 5.74) is 1.70. The van der Waals surface area contributed by atoms with E-state index in [0.29, 0.717) is 16.8 Å². The molecule has 118 valence electrons. The van der Waals surface area contributed by atoms with Crippen LogP contribution < -0.4 is 10.2 Å². The molecule has 24 heavy (non-hydrogen) atoms. The average Bonchev–Trinajstić information content (AvgIpc) is 2.59. The second-order valence-electron chi connectivity index (χ2n) is 5.54. The van der Waals surface area contributed by atoms with Crippen LogP contribution in [0.25, 0.3) is 0 Å². The van der Waals surface area contributed by atoms with E-state index in [0.717, 1.165) is 3.57 Å². The highest BCUT2D eigenvalue weighted by molar-refractivity contribution is 14.1. The summed E-state index contributed by atoms with van der Waals surface area (Å²) in [6.07, 6.45) is 0. The molecule has 6 heteroatoms. The number of anilines is 1. The van der Waals surface area contributed by atoms with Crippen LogP contribution in [-0.2, 0) is 4.79 Å². The van der Waals surface area contributed by atoms with Gasteiger partial charge in [0.1, 0.15) is 17.9 Å². The maximum Gasteiger partial charge on any atom is 0.244 e. The third-order valence-electron chi connectivity index (χ3n) is 4.07. The first-order valence-electron chi connectivity index (χ1n) is 7.32. The molecule has 1 N–H and O–H groups in total. The number of Topliss-reactive ketones (excluding diaryl/α,β-unsaturated/α-hetero) is 2. The number of benzene rings is 2. The summed E-state index contributed by atoms with van der Waals surface area (Å²) in [5, 5.41) is 2.58. The van der Waals surface area contributed by atoms with Crippen LogP contribution in [0.1, 0.15) is 20.7 Å². The molecule has 0 unspecified atom stereocenters. The second kappa shape index (κ2) is 5.55. The molecule has 0 saturated carbocycles.